The van der Waals surface area contributed by atoms with Gasteiger partial charge in [-0.3, -0.25) is 4.98 Å². The number of rotatable bonds is 1. The van der Waals surface area contributed by atoms with Crippen LogP contribution < -0.4 is 10.6 Å². The fourth-order valence-electron chi connectivity index (χ4n) is 2.65. The van der Waals surface area contributed by atoms with E-state index >= 15 is 0 Å². The molecular formula is C14H17N3O. The highest BCUT2D eigenvalue weighted by molar-refractivity contribution is 6.00. The molecule has 4 heteroatoms. The van der Waals surface area contributed by atoms with Gasteiger partial charge in [-0.05, 0) is 31.0 Å². The van der Waals surface area contributed by atoms with E-state index in [1.807, 2.05) is 18.2 Å². The molecule has 94 valence electrons. The number of hydrogen-bond donors (Lipinski definition) is 2. The van der Waals surface area contributed by atoms with E-state index in [-0.39, 0.29) is 6.10 Å². The minimum atomic E-state index is -0.229. The molecule has 4 nitrogen and oxygen atoms in total. The average Bonchev–Trinajstić information content (AvgIpc) is 2.39. The largest absolute Gasteiger partial charge is 0.398 e. The van der Waals surface area contributed by atoms with Crippen molar-refractivity contribution in [3.63, 3.8) is 0 Å². The molecule has 3 rings (SSSR count). The lowest BCUT2D eigenvalue weighted by Crippen LogP contribution is -2.38. The number of nitrogens with two attached hydrogens (primary N) is 1. The maximum absolute atomic E-state index is 9.79. The van der Waals surface area contributed by atoms with Crippen LogP contribution in [0.1, 0.15) is 12.8 Å². The van der Waals surface area contributed by atoms with Gasteiger partial charge in [0.05, 0.1) is 6.10 Å². The molecule has 2 heterocycles. The van der Waals surface area contributed by atoms with E-state index in [4.69, 9.17) is 5.73 Å². The fourth-order valence-corrected chi connectivity index (χ4v) is 2.65. The molecule has 0 bridgehead atoms. The lowest BCUT2D eigenvalue weighted by atomic mass is 10.0. The van der Waals surface area contributed by atoms with Crippen molar-refractivity contribution < 1.29 is 5.11 Å². The van der Waals surface area contributed by atoms with Crippen molar-refractivity contribution in [2.24, 2.45) is 0 Å². The first-order chi connectivity index (χ1) is 8.75. The summed E-state index contributed by atoms with van der Waals surface area (Å²) in [6, 6.07) is 5.94. The van der Waals surface area contributed by atoms with Crippen LogP contribution in [0.25, 0.3) is 10.8 Å². The molecule has 1 saturated heterocycles. The van der Waals surface area contributed by atoms with Crippen LogP contribution in [0.2, 0.25) is 0 Å². The predicted molar refractivity (Wildman–Crippen MR) is 73.6 cm³/mol. The third kappa shape index (κ3) is 1.88. The van der Waals surface area contributed by atoms with E-state index in [1.54, 1.807) is 12.4 Å². The van der Waals surface area contributed by atoms with Crippen LogP contribution in [0.15, 0.2) is 30.6 Å². The lowest BCUT2D eigenvalue weighted by Gasteiger charge is -2.32. The summed E-state index contributed by atoms with van der Waals surface area (Å²) < 4.78 is 0. The monoisotopic (exact) mass is 243 g/mol. The van der Waals surface area contributed by atoms with E-state index in [9.17, 15) is 5.11 Å². The number of piperidine rings is 1. The van der Waals surface area contributed by atoms with Gasteiger partial charge < -0.3 is 15.7 Å². The number of fused-ring (bicyclic) bond motifs is 1. The molecular weight excluding hydrogens is 226 g/mol. The minimum Gasteiger partial charge on any atom is -0.398 e. The molecule has 1 aliphatic heterocycles. The Morgan fingerprint density at radius 2 is 2.17 bits per heavy atom. The zero-order chi connectivity index (χ0) is 12.5. The average molecular weight is 243 g/mol. The van der Waals surface area contributed by atoms with Gasteiger partial charge in [0.1, 0.15) is 0 Å². The highest BCUT2D eigenvalue weighted by atomic mass is 16.3. The second-order valence-electron chi connectivity index (χ2n) is 4.84. The number of nitrogens with zero attached hydrogens (tertiary/aromatic N) is 2. The molecule has 1 fully saturated rings. The van der Waals surface area contributed by atoms with Crippen molar-refractivity contribution in [1.82, 2.24) is 4.98 Å². The first kappa shape index (κ1) is 11.3. The number of aromatic nitrogens is 1. The van der Waals surface area contributed by atoms with Crippen LogP contribution in [0, 0.1) is 0 Å². The predicted octanol–water partition coefficient (Wildman–Crippen LogP) is 1.78. The topological polar surface area (TPSA) is 62.4 Å². The molecule has 3 N–H and O–H groups in total. The van der Waals surface area contributed by atoms with Crippen molar-refractivity contribution in [2.45, 2.75) is 18.9 Å². The molecule has 0 radical (unpaired) electrons. The second kappa shape index (κ2) is 4.46. The Balaban J connectivity index is 2.09. The van der Waals surface area contributed by atoms with E-state index in [0.29, 0.717) is 6.54 Å². The number of hydrogen-bond acceptors (Lipinski definition) is 4. The molecule has 0 amide bonds. The summed E-state index contributed by atoms with van der Waals surface area (Å²) in [7, 11) is 0. The summed E-state index contributed by atoms with van der Waals surface area (Å²) in [6.07, 6.45) is 5.27. The molecule has 18 heavy (non-hydrogen) atoms. The molecule has 1 aliphatic rings. The molecule has 2 aromatic rings. The minimum absolute atomic E-state index is 0.229. The van der Waals surface area contributed by atoms with Crippen LogP contribution in [-0.2, 0) is 0 Å². The first-order valence-electron chi connectivity index (χ1n) is 6.31. The van der Waals surface area contributed by atoms with Gasteiger partial charge in [-0.25, -0.2) is 0 Å². The molecule has 0 saturated carbocycles. The number of aliphatic hydroxyl groups excluding tert-OH is 1. The van der Waals surface area contributed by atoms with E-state index in [1.165, 1.54) is 0 Å². The van der Waals surface area contributed by atoms with Gasteiger partial charge in [-0.2, -0.15) is 0 Å². The number of anilines is 2. The summed E-state index contributed by atoms with van der Waals surface area (Å²) in [6.45, 7) is 1.68. The van der Waals surface area contributed by atoms with Crippen LogP contribution in [0.5, 0.6) is 0 Å². The summed E-state index contributed by atoms with van der Waals surface area (Å²) in [5, 5.41) is 11.9. The number of benzene rings is 1. The lowest BCUT2D eigenvalue weighted by molar-refractivity contribution is 0.154. The van der Waals surface area contributed by atoms with Crippen molar-refractivity contribution in [3.8, 4) is 0 Å². The van der Waals surface area contributed by atoms with Gasteiger partial charge >= 0.3 is 0 Å². The Morgan fingerprint density at radius 3 is 3.00 bits per heavy atom. The third-order valence-electron chi connectivity index (χ3n) is 3.57. The molecule has 0 spiro atoms. The van der Waals surface area contributed by atoms with E-state index in [2.05, 4.69) is 9.88 Å². The second-order valence-corrected chi connectivity index (χ2v) is 4.84. The number of nitrogen functional groups attached to an aromatic ring is 1. The summed E-state index contributed by atoms with van der Waals surface area (Å²) in [4.78, 5) is 6.36. The van der Waals surface area contributed by atoms with Gasteiger partial charge in [0.15, 0.2) is 0 Å². The first-order valence-corrected chi connectivity index (χ1v) is 6.31. The van der Waals surface area contributed by atoms with Crippen molar-refractivity contribution in [3.05, 3.63) is 30.6 Å². The number of β-amino-alcohol motifs (C(OH)–C–C–N with tert-alkyl or cyclic N) is 1. The molecule has 1 aromatic heterocycles. The standard InChI is InChI=1S/C14H17N3O/c15-13-3-4-14(11-5-6-16-8-12(11)13)17-7-1-2-10(18)9-17/h3-6,8,10,18H,1-2,7,9,15H2. The Bertz CT molecular complexity index is 570. The third-order valence-corrected chi connectivity index (χ3v) is 3.57. The Kier molecular flexibility index (Phi) is 2.80. The normalized spacial score (nSPS) is 20.3. The van der Waals surface area contributed by atoms with Gasteiger partial charge in [0.25, 0.3) is 0 Å². The summed E-state index contributed by atoms with van der Waals surface area (Å²) in [5.41, 5.74) is 7.86. The Morgan fingerprint density at radius 1 is 1.28 bits per heavy atom. The number of aliphatic hydroxyl groups is 1. The SMILES string of the molecule is Nc1ccc(N2CCCC(O)C2)c2ccncc12. The van der Waals surface area contributed by atoms with Crippen molar-refractivity contribution in [1.29, 1.82) is 0 Å². The van der Waals surface area contributed by atoms with E-state index < -0.39 is 0 Å². The summed E-state index contributed by atoms with van der Waals surface area (Å²) >= 11 is 0. The van der Waals surface area contributed by atoms with Crippen LogP contribution in [0.3, 0.4) is 0 Å². The quantitative estimate of drug-likeness (QED) is 0.749. The van der Waals surface area contributed by atoms with Crippen molar-refractivity contribution >= 4 is 22.1 Å². The van der Waals surface area contributed by atoms with Crippen LogP contribution in [-0.4, -0.2) is 29.3 Å². The fraction of sp³-hybridized carbons (Fsp3) is 0.357. The number of pyridine rings is 1. The molecule has 1 aromatic carbocycles. The van der Waals surface area contributed by atoms with Gasteiger partial charge in [0.2, 0.25) is 0 Å². The maximum Gasteiger partial charge on any atom is 0.0715 e. The van der Waals surface area contributed by atoms with Crippen LogP contribution in [0.4, 0.5) is 11.4 Å². The zero-order valence-corrected chi connectivity index (χ0v) is 10.2. The van der Waals surface area contributed by atoms with Crippen molar-refractivity contribution in [2.75, 3.05) is 23.7 Å². The molecule has 1 unspecified atom stereocenters. The zero-order valence-electron chi connectivity index (χ0n) is 10.2. The Hall–Kier alpha value is -1.81. The van der Waals surface area contributed by atoms with Gasteiger partial charge in [0, 0.05) is 47.6 Å². The van der Waals surface area contributed by atoms with Gasteiger partial charge in [-0.1, -0.05) is 0 Å². The highest BCUT2D eigenvalue weighted by Crippen LogP contribution is 2.31. The smallest absolute Gasteiger partial charge is 0.0715 e. The van der Waals surface area contributed by atoms with Crippen LogP contribution >= 0.6 is 0 Å². The summed E-state index contributed by atoms with van der Waals surface area (Å²) in [5.74, 6) is 0. The highest BCUT2D eigenvalue weighted by Gasteiger charge is 2.19. The Labute approximate surface area is 106 Å². The molecule has 0 aliphatic carbocycles. The maximum atomic E-state index is 9.79. The van der Waals surface area contributed by atoms with E-state index in [0.717, 1.165) is 41.5 Å². The van der Waals surface area contributed by atoms with Gasteiger partial charge in [-0.15, -0.1) is 0 Å². The molecule has 1 atom stereocenters.